The van der Waals surface area contributed by atoms with E-state index < -0.39 is 0 Å². The van der Waals surface area contributed by atoms with Gasteiger partial charge in [0.2, 0.25) is 0 Å². The molecule has 0 atom stereocenters. The van der Waals surface area contributed by atoms with Crippen LogP contribution in [0.15, 0.2) is 43.0 Å². The summed E-state index contributed by atoms with van der Waals surface area (Å²) in [6.07, 6.45) is 6.93. The van der Waals surface area contributed by atoms with Crippen LogP contribution in [0.3, 0.4) is 0 Å². The predicted molar refractivity (Wildman–Crippen MR) is 54.9 cm³/mol. The van der Waals surface area contributed by atoms with Crippen molar-refractivity contribution in [3.63, 3.8) is 0 Å². The van der Waals surface area contributed by atoms with E-state index in [9.17, 15) is 4.79 Å². The zero-order valence-corrected chi connectivity index (χ0v) is 8.25. The number of carbonyl (C=O) groups is 1. The fraction of sp³-hybridized carbons (Fsp3) is 0.0909. The molecule has 0 aromatic carbocycles. The van der Waals surface area contributed by atoms with Crippen molar-refractivity contribution in [3.8, 4) is 5.69 Å². The number of pyridine rings is 1. The fourth-order valence-electron chi connectivity index (χ4n) is 1.31. The van der Waals surface area contributed by atoms with Crippen LogP contribution < -0.4 is 0 Å². The van der Waals surface area contributed by atoms with Crippen molar-refractivity contribution in [1.29, 1.82) is 0 Å². The summed E-state index contributed by atoms with van der Waals surface area (Å²) in [7, 11) is 1.37. The summed E-state index contributed by atoms with van der Waals surface area (Å²) in [6.45, 7) is 0. The second kappa shape index (κ2) is 3.96. The Morgan fingerprint density at radius 2 is 2.07 bits per heavy atom. The van der Waals surface area contributed by atoms with Gasteiger partial charge in [-0.25, -0.2) is 4.79 Å². The smallest absolute Gasteiger partial charge is 0.339 e. The Kier molecular flexibility index (Phi) is 2.49. The van der Waals surface area contributed by atoms with Gasteiger partial charge in [0.25, 0.3) is 0 Å². The zero-order chi connectivity index (χ0) is 10.7. The number of hydrogen-bond acceptors (Lipinski definition) is 3. The molecule has 0 N–H and O–H groups in total. The molecular weight excluding hydrogens is 192 g/mol. The van der Waals surface area contributed by atoms with E-state index in [1.807, 2.05) is 22.9 Å². The summed E-state index contributed by atoms with van der Waals surface area (Å²) in [6, 6.07) is 5.44. The van der Waals surface area contributed by atoms with Crippen molar-refractivity contribution in [2.45, 2.75) is 0 Å². The van der Waals surface area contributed by atoms with Gasteiger partial charge in [0, 0.05) is 30.5 Å². The van der Waals surface area contributed by atoms with Crippen molar-refractivity contribution in [3.05, 3.63) is 48.5 Å². The maximum absolute atomic E-state index is 11.2. The van der Waals surface area contributed by atoms with Crippen molar-refractivity contribution in [1.82, 2.24) is 9.55 Å². The Labute approximate surface area is 87.1 Å². The number of methoxy groups -OCH3 is 1. The highest BCUT2D eigenvalue weighted by Gasteiger charge is 2.06. The number of esters is 1. The minimum absolute atomic E-state index is 0.331. The molecule has 15 heavy (non-hydrogen) atoms. The molecule has 0 saturated carbocycles. The largest absolute Gasteiger partial charge is 0.465 e. The molecule has 0 amide bonds. The Morgan fingerprint density at radius 1 is 1.33 bits per heavy atom. The van der Waals surface area contributed by atoms with Crippen molar-refractivity contribution >= 4 is 5.97 Å². The Morgan fingerprint density at radius 3 is 2.73 bits per heavy atom. The number of ether oxygens (including phenoxy) is 1. The average Bonchev–Trinajstić information content (AvgIpc) is 2.78. The first-order chi connectivity index (χ1) is 7.31. The van der Waals surface area contributed by atoms with Gasteiger partial charge in [0.05, 0.1) is 12.7 Å². The molecule has 4 nitrogen and oxygen atoms in total. The molecule has 0 aliphatic rings. The zero-order valence-electron chi connectivity index (χ0n) is 8.25. The number of aromatic nitrogens is 2. The van der Waals surface area contributed by atoms with Gasteiger partial charge >= 0.3 is 5.97 Å². The van der Waals surface area contributed by atoms with Crippen LogP contribution in [0.25, 0.3) is 5.69 Å². The maximum atomic E-state index is 11.2. The molecule has 0 aliphatic carbocycles. The molecule has 0 spiro atoms. The van der Waals surface area contributed by atoms with Gasteiger partial charge in [-0.2, -0.15) is 0 Å². The summed E-state index contributed by atoms with van der Waals surface area (Å²) in [5.41, 5.74) is 1.49. The highest BCUT2D eigenvalue weighted by Crippen LogP contribution is 2.09. The second-order valence-electron chi connectivity index (χ2n) is 3.00. The first-order valence-corrected chi connectivity index (χ1v) is 4.48. The van der Waals surface area contributed by atoms with Gasteiger partial charge in [-0.3, -0.25) is 4.98 Å². The van der Waals surface area contributed by atoms with Gasteiger partial charge in [-0.15, -0.1) is 0 Å². The van der Waals surface area contributed by atoms with Crippen LogP contribution in [0, 0.1) is 0 Å². The first kappa shape index (κ1) is 9.45. The molecule has 0 unspecified atom stereocenters. The topological polar surface area (TPSA) is 44.1 Å². The number of carbonyl (C=O) groups excluding carboxylic acids is 1. The summed E-state index contributed by atoms with van der Waals surface area (Å²) >= 11 is 0. The van der Waals surface area contributed by atoms with E-state index in [1.165, 1.54) is 7.11 Å². The molecule has 0 fully saturated rings. The van der Waals surface area contributed by atoms with E-state index in [2.05, 4.69) is 9.72 Å². The van der Waals surface area contributed by atoms with E-state index in [-0.39, 0.29) is 5.97 Å². The molecule has 2 heterocycles. The predicted octanol–water partition coefficient (Wildman–Crippen LogP) is 1.66. The lowest BCUT2D eigenvalue weighted by atomic mass is 10.3. The van der Waals surface area contributed by atoms with Gasteiger partial charge in [-0.05, 0) is 18.2 Å². The lowest BCUT2D eigenvalue weighted by Gasteiger charge is -2.00. The van der Waals surface area contributed by atoms with Crippen LogP contribution >= 0.6 is 0 Å². The summed E-state index contributed by atoms with van der Waals surface area (Å²) in [5.74, 6) is -0.331. The van der Waals surface area contributed by atoms with Crippen LogP contribution in [0.1, 0.15) is 10.4 Å². The van der Waals surface area contributed by atoms with Crippen LogP contribution in [-0.4, -0.2) is 22.6 Å². The van der Waals surface area contributed by atoms with Gasteiger partial charge in [0.1, 0.15) is 0 Å². The molecule has 76 valence electrons. The monoisotopic (exact) mass is 202 g/mol. The first-order valence-electron chi connectivity index (χ1n) is 4.48. The minimum Gasteiger partial charge on any atom is -0.465 e. The molecule has 4 heteroatoms. The molecule has 0 saturated heterocycles. The van der Waals surface area contributed by atoms with Crippen molar-refractivity contribution in [2.24, 2.45) is 0 Å². The highest BCUT2D eigenvalue weighted by molar-refractivity contribution is 5.89. The molecular formula is C11H10N2O2. The van der Waals surface area contributed by atoms with Gasteiger partial charge < -0.3 is 9.30 Å². The van der Waals surface area contributed by atoms with Crippen molar-refractivity contribution in [2.75, 3.05) is 7.11 Å². The van der Waals surface area contributed by atoms with Crippen LogP contribution in [0.5, 0.6) is 0 Å². The van der Waals surface area contributed by atoms with E-state index >= 15 is 0 Å². The average molecular weight is 202 g/mol. The lowest BCUT2D eigenvalue weighted by Crippen LogP contribution is -1.99. The number of rotatable bonds is 2. The minimum atomic E-state index is -0.331. The third kappa shape index (κ3) is 1.88. The summed E-state index contributed by atoms with van der Waals surface area (Å²) < 4.78 is 6.46. The number of nitrogens with zero attached hydrogens (tertiary/aromatic N) is 2. The van der Waals surface area contributed by atoms with E-state index in [1.54, 1.807) is 24.7 Å². The van der Waals surface area contributed by atoms with Crippen LogP contribution in [0.2, 0.25) is 0 Å². The van der Waals surface area contributed by atoms with Crippen molar-refractivity contribution < 1.29 is 9.53 Å². The van der Waals surface area contributed by atoms with Crippen LogP contribution in [0.4, 0.5) is 0 Å². The van der Waals surface area contributed by atoms with E-state index in [4.69, 9.17) is 0 Å². The SMILES string of the molecule is COC(=O)c1ccn(-c2ccncc2)c1. The maximum Gasteiger partial charge on any atom is 0.339 e. The van der Waals surface area contributed by atoms with Gasteiger partial charge in [-0.1, -0.05) is 0 Å². The molecule has 0 bridgehead atoms. The third-order valence-electron chi connectivity index (χ3n) is 2.07. The highest BCUT2D eigenvalue weighted by atomic mass is 16.5. The molecule has 2 aromatic rings. The Balaban J connectivity index is 2.32. The summed E-state index contributed by atoms with van der Waals surface area (Å²) in [5, 5.41) is 0. The normalized spacial score (nSPS) is 9.93. The third-order valence-corrected chi connectivity index (χ3v) is 2.07. The number of hydrogen-bond donors (Lipinski definition) is 0. The van der Waals surface area contributed by atoms with Crippen LogP contribution in [-0.2, 0) is 4.74 Å². The molecule has 2 aromatic heterocycles. The molecule has 0 aliphatic heterocycles. The standard InChI is InChI=1S/C11H10N2O2/c1-15-11(14)9-4-7-13(8-9)10-2-5-12-6-3-10/h2-8H,1H3. The Bertz CT molecular complexity index is 462. The Hall–Kier alpha value is -2.10. The van der Waals surface area contributed by atoms with Gasteiger partial charge in [0.15, 0.2) is 0 Å². The van der Waals surface area contributed by atoms with E-state index in [0.29, 0.717) is 5.56 Å². The quantitative estimate of drug-likeness (QED) is 0.695. The fourth-order valence-corrected chi connectivity index (χ4v) is 1.31. The molecule has 0 radical (unpaired) electrons. The second-order valence-corrected chi connectivity index (χ2v) is 3.00. The molecule has 2 rings (SSSR count). The lowest BCUT2D eigenvalue weighted by molar-refractivity contribution is 0.0601. The van der Waals surface area contributed by atoms with E-state index in [0.717, 1.165) is 5.69 Å². The summed E-state index contributed by atoms with van der Waals surface area (Å²) in [4.78, 5) is 15.1.